The van der Waals surface area contributed by atoms with Crippen molar-refractivity contribution in [2.75, 3.05) is 0 Å². The summed E-state index contributed by atoms with van der Waals surface area (Å²) in [4.78, 5) is 19.8. The molecule has 1 aromatic rings. The standard InChI is InChI=1S/C8H6FNO3/c1-5-2-6(4-11)8(10(12)13)7(9)3-5/h2-4H,1H3. The lowest BCUT2D eigenvalue weighted by atomic mass is 10.1. The zero-order chi connectivity index (χ0) is 10.0. The number of benzene rings is 1. The Labute approximate surface area is 73.1 Å². The third-order valence-corrected chi connectivity index (χ3v) is 1.55. The molecule has 0 aromatic heterocycles. The van der Waals surface area contributed by atoms with Crippen LogP contribution in [0.5, 0.6) is 0 Å². The molecule has 0 unspecified atom stereocenters. The molecule has 13 heavy (non-hydrogen) atoms. The van der Waals surface area contributed by atoms with Crippen molar-refractivity contribution >= 4 is 12.0 Å². The molecule has 0 atom stereocenters. The Morgan fingerprint density at radius 3 is 2.62 bits per heavy atom. The second kappa shape index (κ2) is 3.30. The number of hydrogen-bond acceptors (Lipinski definition) is 3. The number of carbonyl (C=O) groups excluding carboxylic acids is 1. The molecule has 0 fully saturated rings. The van der Waals surface area contributed by atoms with E-state index in [2.05, 4.69) is 0 Å². The van der Waals surface area contributed by atoms with E-state index in [1.807, 2.05) is 0 Å². The van der Waals surface area contributed by atoms with Crippen molar-refractivity contribution in [2.24, 2.45) is 0 Å². The average Bonchev–Trinajstić information content (AvgIpc) is 2.01. The predicted molar refractivity (Wildman–Crippen MR) is 43.2 cm³/mol. The van der Waals surface area contributed by atoms with Crippen molar-refractivity contribution in [3.63, 3.8) is 0 Å². The van der Waals surface area contributed by atoms with Gasteiger partial charge < -0.3 is 0 Å². The second-order valence-electron chi connectivity index (χ2n) is 2.56. The van der Waals surface area contributed by atoms with Crippen molar-refractivity contribution in [3.05, 3.63) is 39.2 Å². The molecule has 0 aliphatic rings. The van der Waals surface area contributed by atoms with Gasteiger partial charge in [0.25, 0.3) is 0 Å². The number of carbonyl (C=O) groups is 1. The SMILES string of the molecule is Cc1cc(F)c([N+](=O)[O-])c(C=O)c1. The van der Waals surface area contributed by atoms with Crippen LogP contribution in [0.4, 0.5) is 10.1 Å². The topological polar surface area (TPSA) is 60.2 Å². The molecule has 0 heterocycles. The summed E-state index contributed by atoms with van der Waals surface area (Å²) in [7, 11) is 0. The molecule has 0 saturated carbocycles. The maximum Gasteiger partial charge on any atom is 0.315 e. The van der Waals surface area contributed by atoms with E-state index in [1.54, 1.807) is 6.92 Å². The summed E-state index contributed by atoms with van der Waals surface area (Å²) in [6.07, 6.45) is 0.272. The maximum absolute atomic E-state index is 12.9. The minimum absolute atomic E-state index is 0.234. The van der Waals surface area contributed by atoms with Gasteiger partial charge in [-0.15, -0.1) is 0 Å². The zero-order valence-electron chi connectivity index (χ0n) is 6.78. The minimum atomic E-state index is -0.980. The Balaban J connectivity index is 3.47. The Bertz CT molecular complexity index is 376. The molecule has 68 valence electrons. The van der Waals surface area contributed by atoms with E-state index < -0.39 is 16.4 Å². The van der Waals surface area contributed by atoms with Gasteiger partial charge in [-0.05, 0) is 24.6 Å². The van der Waals surface area contributed by atoms with Crippen LogP contribution in [0.3, 0.4) is 0 Å². The highest BCUT2D eigenvalue weighted by atomic mass is 19.1. The van der Waals surface area contributed by atoms with Crippen LogP contribution in [0.15, 0.2) is 12.1 Å². The monoisotopic (exact) mass is 183 g/mol. The van der Waals surface area contributed by atoms with Crippen LogP contribution in [-0.2, 0) is 0 Å². The van der Waals surface area contributed by atoms with Gasteiger partial charge in [0.2, 0.25) is 5.82 Å². The van der Waals surface area contributed by atoms with Gasteiger partial charge in [-0.1, -0.05) is 0 Å². The fraction of sp³-hybridized carbons (Fsp3) is 0.125. The normalized spacial score (nSPS) is 9.69. The van der Waals surface area contributed by atoms with Crippen LogP contribution < -0.4 is 0 Å². The van der Waals surface area contributed by atoms with Crippen LogP contribution >= 0.6 is 0 Å². The second-order valence-corrected chi connectivity index (χ2v) is 2.56. The first kappa shape index (κ1) is 9.31. The molecule has 1 rings (SSSR count). The molecule has 4 nitrogen and oxygen atoms in total. The summed E-state index contributed by atoms with van der Waals surface area (Å²) in [5, 5.41) is 10.3. The van der Waals surface area contributed by atoms with Crippen LogP contribution in [0.1, 0.15) is 15.9 Å². The summed E-state index contributed by atoms with van der Waals surface area (Å²) in [6.45, 7) is 1.56. The Kier molecular flexibility index (Phi) is 2.36. The largest absolute Gasteiger partial charge is 0.315 e. The molecule has 5 heteroatoms. The highest BCUT2D eigenvalue weighted by molar-refractivity contribution is 5.81. The molecule has 1 aromatic carbocycles. The fourth-order valence-corrected chi connectivity index (χ4v) is 1.04. The number of halogens is 1. The highest BCUT2D eigenvalue weighted by Crippen LogP contribution is 2.22. The minimum Gasteiger partial charge on any atom is -0.298 e. The predicted octanol–water partition coefficient (Wildman–Crippen LogP) is 1.85. The molecule has 0 aliphatic heterocycles. The lowest BCUT2D eigenvalue weighted by molar-refractivity contribution is -0.387. The van der Waals surface area contributed by atoms with Crippen molar-refractivity contribution in [1.82, 2.24) is 0 Å². The lowest BCUT2D eigenvalue weighted by Crippen LogP contribution is -1.98. The van der Waals surface area contributed by atoms with Crippen LogP contribution in [0.2, 0.25) is 0 Å². The maximum atomic E-state index is 12.9. The van der Waals surface area contributed by atoms with E-state index in [1.165, 1.54) is 6.07 Å². The first-order valence-corrected chi connectivity index (χ1v) is 3.46. The smallest absolute Gasteiger partial charge is 0.298 e. The fourth-order valence-electron chi connectivity index (χ4n) is 1.04. The third kappa shape index (κ3) is 1.69. The number of nitro benzene ring substituents is 1. The quantitative estimate of drug-likeness (QED) is 0.399. The van der Waals surface area contributed by atoms with Gasteiger partial charge in [0, 0.05) is 0 Å². The number of nitrogens with zero attached hydrogens (tertiary/aromatic N) is 1. The molecule has 0 saturated heterocycles. The molecule has 0 bridgehead atoms. The van der Waals surface area contributed by atoms with E-state index in [0.29, 0.717) is 5.56 Å². The molecular weight excluding hydrogens is 177 g/mol. The Hall–Kier alpha value is -1.78. The summed E-state index contributed by atoms with van der Waals surface area (Å²) < 4.78 is 12.9. The summed E-state index contributed by atoms with van der Waals surface area (Å²) >= 11 is 0. The van der Waals surface area contributed by atoms with E-state index >= 15 is 0 Å². The first-order valence-electron chi connectivity index (χ1n) is 3.46. The molecule has 0 N–H and O–H groups in total. The van der Waals surface area contributed by atoms with Gasteiger partial charge in [0.05, 0.1) is 10.5 Å². The number of hydrogen-bond donors (Lipinski definition) is 0. The van der Waals surface area contributed by atoms with Crippen molar-refractivity contribution in [1.29, 1.82) is 0 Å². The van der Waals surface area contributed by atoms with Crippen LogP contribution in [0, 0.1) is 22.9 Å². The Morgan fingerprint density at radius 1 is 1.54 bits per heavy atom. The van der Waals surface area contributed by atoms with Gasteiger partial charge in [-0.3, -0.25) is 14.9 Å². The lowest BCUT2D eigenvalue weighted by Gasteiger charge is -1.98. The van der Waals surface area contributed by atoms with Crippen molar-refractivity contribution < 1.29 is 14.1 Å². The van der Waals surface area contributed by atoms with Gasteiger partial charge >= 0.3 is 5.69 Å². The van der Waals surface area contributed by atoms with Crippen molar-refractivity contribution in [3.8, 4) is 0 Å². The zero-order valence-corrected chi connectivity index (χ0v) is 6.78. The Morgan fingerprint density at radius 2 is 2.15 bits per heavy atom. The van der Waals surface area contributed by atoms with Crippen molar-refractivity contribution in [2.45, 2.75) is 6.92 Å². The van der Waals surface area contributed by atoms with Gasteiger partial charge in [0.15, 0.2) is 6.29 Å². The van der Waals surface area contributed by atoms with Crippen LogP contribution in [0.25, 0.3) is 0 Å². The number of rotatable bonds is 2. The van der Waals surface area contributed by atoms with E-state index in [4.69, 9.17) is 0 Å². The summed E-state index contributed by atoms with van der Waals surface area (Å²) in [5.41, 5.74) is -0.520. The van der Waals surface area contributed by atoms with E-state index in [0.717, 1.165) is 6.07 Å². The van der Waals surface area contributed by atoms with E-state index in [-0.39, 0.29) is 11.8 Å². The van der Waals surface area contributed by atoms with Gasteiger partial charge in [-0.2, -0.15) is 4.39 Å². The van der Waals surface area contributed by atoms with Crippen LogP contribution in [-0.4, -0.2) is 11.2 Å². The van der Waals surface area contributed by atoms with Gasteiger partial charge in [-0.25, -0.2) is 0 Å². The third-order valence-electron chi connectivity index (χ3n) is 1.55. The summed E-state index contributed by atoms with van der Waals surface area (Å²) in [5.74, 6) is -0.980. The summed E-state index contributed by atoms with van der Waals surface area (Å²) in [6, 6.07) is 2.29. The molecule has 0 spiro atoms. The molecular formula is C8H6FNO3. The van der Waals surface area contributed by atoms with Gasteiger partial charge in [0.1, 0.15) is 0 Å². The highest BCUT2D eigenvalue weighted by Gasteiger charge is 2.19. The van der Waals surface area contributed by atoms with E-state index in [9.17, 15) is 19.3 Å². The average molecular weight is 183 g/mol. The first-order chi connectivity index (χ1) is 6.06. The molecule has 0 amide bonds. The number of nitro groups is 1. The molecule has 0 radical (unpaired) electrons. The number of aldehydes is 1. The number of aryl methyl sites for hydroxylation is 1. The molecule has 0 aliphatic carbocycles.